The molecule has 0 atom stereocenters. The van der Waals surface area contributed by atoms with Crippen LogP contribution in [-0.2, 0) is 18.8 Å². The fourth-order valence-corrected chi connectivity index (χ4v) is 3.05. The summed E-state index contributed by atoms with van der Waals surface area (Å²) in [6, 6.07) is 1.75. The van der Waals surface area contributed by atoms with Crippen molar-refractivity contribution in [1.29, 1.82) is 0 Å². The molecule has 1 fully saturated rings. The van der Waals surface area contributed by atoms with E-state index < -0.39 is 18.3 Å². The van der Waals surface area contributed by atoms with Gasteiger partial charge in [0.1, 0.15) is 4.88 Å². The van der Waals surface area contributed by atoms with E-state index in [1.165, 1.54) is 25.4 Å². The molecule has 2 rings (SSSR count). The molecule has 1 aliphatic rings. The second-order valence-corrected chi connectivity index (χ2v) is 7.86. The number of carbonyl (C=O) groups is 2. The molecule has 1 aliphatic heterocycles. The molecule has 0 unspecified atom stereocenters. The van der Waals surface area contributed by atoms with Gasteiger partial charge in [0.05, 0.1) is 18.3 Å². The van der Waals surface area contributed by atoms with Crippen LogP contribution in [0.5, 0.6) is 0 Å². The van der Waals surface area contributed by atoms with Gasteiger partial charge >= 0.3 is 13.1 Å². The highest BCUT2D eigenvalue weighted by Gasteiger charge is 2.52. The van der Waals surface area contributed by atoms with Gasteiger partial charge in [-0.3, -0.25) is 4.79 Å². The summed E-state index contributed by atoms with van der Waals surface area (Å²) in [6.45, 7) is 9.66. The minimum Gasteiger partial charge on any atom is -0.465 e. The number of methoxy groups -OCH3 is 1. The van der Waals surface area contributed by atoms with Crippen molar-refractivity contribution in [3.05, 3.63) is 27.4 Å². The number of nitrogens with one attached hydrogen (secondary N) is 1. The molecule has 1 amide bonds. The maximum Gasteiger partial charge on any atom is 0.492 e. The van der Waals surface area contributed by atoms with Crippen molar-refractivity contribution < 1.29 is 23.6 Å². The van der Waals surface area contributed by atoms with E-state index in [9.17, 15) is 9.59 Å². The van der Waals surface area contributed by atoms with Crippen molar-refractivity contribution >= 4 is 36.4 Å². The lowest BCUT2D eigenvalue weighted by Gasteiger charge is -2.32. The molecule has 1 aromatic rings. The van der Waals surface area contributed by atoms with Gasteiger partial charge in [0.25, 0.3) is 0 Å². The Morgan fingerprint density at radius 1 is 1.28 bits per heavy atom. The Morgan fingerprint density at radius 2 is 1.88 bits per heavy atom. The van der Waals surface area contributed by atoms with Gasteiger partial charge in [-0.2, -0.15) is 0 Å². The SMILES string of the molecule is COC(=O)c1cc(C=C(CNC(C)=O)B2OC(C)(C)C(C)(C)O2)cs1. The van der Waals surface area contributed by atoms with Gasteiger partial charge in [-0.05, 0) is 50.2 Å². The number of esters is 1. The van der Waals surface area contributed by atoms with Crippen LogP contribution in [0.1, 0.15) is 49.9 Å². The summed E-state index contributed by atoms with van der Waals surface area (Å²) < 4.78 is 16.9. The topological polar surface area (TPSA) is 73.9 Å². The molecule has 2 heterocycles. The van der Waals surface area contributed by atoms with E-state index in [1.54, 1.807) is 6.07 Å². The van der Waals surface area contributed by atoms with Crippen LogP contribution in [0.3, 0.4) is 0 Å². The maximum atomic E-state index is 11.6. The van der Waals surface area contributed by atoms with Crippen molar-refractivity contribution in [2.45, 2.75) is 45.8 Å². The third-order valence-electron chi connectivity index (χ3n) is 4.46. The molecule has 1 aromatic heterocycles. The zero-order valence-electron chi connectivity index (χ0n) is 15.5. The molecule has 8 heteroatoms. The highest BCUT2D eigenvalue weighted by Crippen LogP contribution is 2.38. The molecular weight excluding hydrogens is 341 g/mol. The van der Waals surface area contributed by atoms with Crippen molar-refractivity contribution in [2.75, 3.05) is 13.7 Å². The molecule has 25 heavy (non-hydrogen) atoms. The van der Waals surface area contributed by atoms with Crippen LogP contribution in [-0.4, -0.2) is 43.9 Å². The first-order valence-corrected chi connectivity index (χ1v) is 8.91. The molecule has 6 nitrogen and oxygen atoms in total. The molecule has 0 spiro atoms. The Hall–Kier alpha value is -1.64. The summed E-state index contributed by atoms with van der Waals surface area (Å²) in [5, 5.41) is 4.64. The Kier molecular flexibility index (Phi) is 5.76. The molecule has 1 saturated heterocycles. The van der Waals surface area contributed by atoms with Crippen LogP contribution in [0.15, 0.2) is 16.9 Å². The highest BCUT2D eigenvalue weighted by molar-refractivity contribution is 7.12. The predicted molar refractivity (Wildman–Crippen MR) is 98.4 cm³/mol. The van der Waals surface area contributed by atoms with Crippen LogP contribution < -0.4 is 5.32 Å². The second kappa shape index (κ2) is 7.31. The lowest BCUT2D eigenvalue weighted by atomic mass is 9.77. The first-order valence-electron chi connectivity index (χ1n) is 8.03. The van der Waals surface area contributed by atoms with Crippen LogP contribution in [0.4, 0.5) is 0 Å². The summed E-state index contributed by atoms with van der Waals surface area (Å²) in [5.41, 5.74) is 0.668. The summed E-state index contributed by atoms with van der Waals surface area (Å²) >= 11 is 1.30. The third kappa shape index (κ3) is 4.51. The second-order valence-electron chi connectivity index (χ2n) is 6.95. The Morgan fingerprint density at radius 3 is 2.40 bits per heavy atom. The van der Waals surface area contributed by atoms with Crippen LogP contribution in [0.2, 0.25) is 0 Å². The quantitative estimate of drug-likeness (QED) is 0.642. The zero-order chi connectivity index (χ0) is 18.8. The summed E-state index contributed by atoms with van der Waals surface area (Å²) in [6.07, 6.45) is 1.88. The number of thiophene rings is 1. The Bertz CT molecular complexity index is 679. The first kappa shape index (κ1) is 19.7. The number of hydrogen-bond acceptors (Lipinski definition) is 6. The number of carbonyl (C=O) groups excluding carboxylic acids is 2. The minimum atomic E-state index is -0.571. The van der Waals surface area contributed by atoms with Crippen molar-refractivity contribution in [1.82, 2.24) is 5.32 Å². The number of ether oxygens (including phenoxy) is 1. The monoisotopic (exact) mass is 365 g/mol. The normalized spacial score (nSPS) is 19.0. The van der Waals surface area contributed by atoms with E-state index in [0.29, 0.717) is 11.4 Å². The van der Waals surface area contributed by atoms with E-state index in [1.807, 2.05) is 39.2 Å². The highest BCUT2D eigenvalue weighted by atomic mass is 32.1. The summed E-state index contributed by atoms with van der Waals surface area (Å²) in [4.78, 5) is 23.5. The lowest BCUT2D eigenvalue weighted by Crippen LogP contribution is -2.41. The van der Waals surface area contributed by atoms with Crippen LogP contribution in [0.25, 0.3) is 6.08 Å². The molecule has 0 bridgehead atoms. The van der Waals surface area contributed by atoms with E-state index >= 15 is 0 Å². The van der Waals surface area contributed by atoms with Gasteiger partial charge in [-0.1, -0.05) is 6.08 Å². The average Bonchev–Trinajstić information content (AvgIpc) is 3.05. The minimum absolute atomic E-state index is 0.136. The molecule has 0 aromatic carbocycles. The van der Waals surface area contributed by atoms with Gasteiger partial charge < -0.3 is 19.4 Å². The molecular formula is C17H24BNO5S. The zero-order valence-corrected chi connectivity index (χ0v) is 16.3. The standard InChI is InChI=1S/C17H24BNO5S/c1-11(20)19-9-13(18-23-16(2,3)17(4,5)24-18)7-12-8-14(25-10-12)15(21)22-6/h7-8,10H,9H2,1-6H3,(H,19,20). The van der Waals surface area contributed by atoms with Gasteiger partial charge in [0.2, 0.25) is 5.91 Å². The summed E-state index contributed by atoms with van der Waals surface area (Å²) in [5.74, 6) is -0.508. The van der Waals surface area contributed by atoms with E-state index in [0.717, 1.165) is 11.0 Å². The van der Waals surface area contributed by atoms with Gasteiger partial charge in [0, 0.05) is 13.5 Å². The van der Waals surface area contributed by atoms with Crippen LogP contribution >= 0.6 is 11.3 Å². The fourth-order valence-electron chi connectivity index (χ4n) is 2.27. The fraction of sp³-hybridized carbons (Fsp3) is 0.529. The van der Waals surface area contributed by atoms with Gasteiger partial charge in [0.15, 0.2) is 0 Å². The summed E-state index contributed by atoms with van der Waals surface area (Å²) in [7, 11) is 0.780. The number of hydrogen-bond donors (Lipinski definition) is 1. The van der Waals surface area contributed by atoms with E-state index in [4.69, 9.17) is 14.0 Å². The lowest BCUT2D eigenvalue weighted by molar-refractivity contribution is -0.118. The van der Waals surface area contributed by atoms with Crippen molar-refractivity contribution in [2.24, 2.45) is 0 Å². The van der Waals surface area contributed by atoms with E-state index in [2.05, 4.69) is 5.32 Å². The Balaban J connectivity index is 2.28. The van der Waals surface area contributed by atoms with Crippen LogP contribution in [0, 0.1) is 0 Å². The maximum absolute atomic E-state index is 11.6. The molecule has 0 radical (unpaired) electrons. The number of rotatable bonds is 5. The Labute approximate surface area is 152 Å². The molecule has 0 saturated carbocycles. The molecule has 0 aliphatic carbocycles. The average molecular weight is 365 g/mol. The van der Waals surface area contributed by atoms with Gasteiger partial charge in [-0.15, -0.1) is 11.3 Å². The first-order chi connectivity index (χ1) is 11.6. The predicted octanol–water partition coefficient (Wildman–Crippen LogP) is 2.69. The molecule has 136 valence electrons. The largest absolute Gasteiger partial charge is 0.492 e. The smallest absolute Gasteiger partial charge is 0.465 e. The van der Waals surface area contributed by atoms with Gasteiger partial charge in [-0.25, -0.2) is 4.79 Å². The molecule has 1 N–H and O–H groups in total. The third-order valence-corrected chi connectivity index (χ3v) is 5.38. The van der Waals surface area contributed by atoms with Crippen molar-refractivity contribution in [3.8, 4) is 0 Å². The van der Waals surface area contributed by atoms with E-state index in [-0.39, 0.29) is 11.9 Å². The van der Waals surface area contributed by atoms with Crippen molar-refractivity contribution in [3.63, 3.8) is 0 Å². The number of amides is 1.